The maximum absolute atomic E-state index is 12.7. The van der Waals surface area contributed by atoms with Gasteiger partial charge in [-0.25, -0.2) is 4.98 Å². The van der Waals surface area contributed by atoms with E-state index in [1.165, 1.54) is 12.1 Å². The van der Waals surface area contributed by atoms with Crippen molar-refractivity contribution >= 4 is 16.8 Å². The molecule has 140 valence electrons. The standard InChI is InChI=1S/C20H17F3N2O2/c1-12-10-17(13-2-5-15(6-3-13)20(21,22)23)25-18-11-14(4-7-16(12)18)19(27)24-8-9-26/h2-7,10-11,26H,8-9H2,1H3,(H,24,27). The molecule has 1 amide bonds. The van der Waals surface area contributed by atoms with Gasteiger partial charge >= 0.3 is 6.18 Å². The third-order valence-electron chi connectivity index (χ3n) is 4.18. The molecule has 1 heterocycles. The smallest absolute Gasteiger partial charge is 0.395 e. The minimum absolute atomic E-state index is 0.148. The average Bonchev–Trinajstić information content (AvgIpc) is 2.65. The summed E-state index contributed by atoms with van der Waals surface area (Å²) in [5.74, 6) is -0.328. The number of aliphatic hydroxyl groups is 1. The molecule has 4 nitrogen and oxygen atoms in total. The predicted octanol–water partition coefficient (Wildman–Crippen LogP) is 3.95. The van der Waals surface area contributed by atoms with Gasteiger partial charge in [-0.05, 0) is 42.8 Å². The van der Waals surface area contributed by atoms with Crippen molar-refractivity contribution in [2.75, 3.05) is 13.2 Å². The van der Waals surface area contributed by atoms with Crippen LogP contribution in [-0.4, -0.2) is 29.1 Å². The molecular weight excluding hydrogens is 357 g/mol. The first-order chi connectivity index (χ1) is 12.8. The molecule has 0 atom stereocenters. The van der Waals surface area contributed by atoms with E-state index in [4.69, 9.17) is 5.11 Å². The first-order valence-electron chi connectivity index (χ1n) is 8.27. The van der Waals surface area contributed by atoms with Crippen LogP contribution in [0.4, 0.5) is 13.2 Å². The van der Waals surface area contributed by atoms with Gasteiger partial charge in [0.15, 0.2) is 0 Å². The SMILES string of the molecule is Cc1cc(-c2ccc(C(F)(F)F)cc2)nc2cc(C(=O)NCCO)ccc12. The van der Waals surface area contributed by atoms with E-state index in [0.717, 1.165) is 23.1 Å². The number of alkyl halides is 3. The largest absolute Gasteiger partial charge is 0.416 e. The summed E-state index contributed by atoms with van der Waals surface area (Å²) in [5.41, 5.74) is 2.24. The number of aryl methyl sites for hydroxylation is 1. The topological polar surface area (TPSA) is 62.2 Å². The van der Waals surface area contributed by atoms with Crippen LogP contribution in [0.5, 0.6) is 0 Å². The van der Waals surface area contributed by atoms with E-state index in [-0.39, 0.29) is 19.1 Å². The number of benzene rings is 2. The van der Waals surface area contributed by atoms with Gasteiger partial charge in [0.05, 0.1) is 23.4 Å². The van der Waals surface area contributed by atoms with Gasteiger partial charge in [-0.15, -0.1) is 0 Å². The van der Waals surface area contributed by atoms with Crippen molar-refractivity contribution < 1.29 is 23.1 Å². The predicted molar refractivity (Wildman–Crippen MR) is 96.3 cm³/mol. The second kappa shape index (κ2) is 7.36. The van der Waals surface area contributed by atoms with Gasteiger partial charge < -0.3 is 10.4 Å². The number of aliphatic hydroxyl groups excluding tert-OH is 1. The fraction of sp³-hybridized carbons (Fsp3) is 0.200. The monoisotopic (exact) mass is 374 g/mol. The highest BCUT2D eigenvalue weighted by Gasteiger charge is 2.30. The number of carbonyl (C=O) groups is 1. The highest BCUT2D eigenvalue weighted by atomic mass is 19.4. The number of hydrogen-bond donors (Lipinski definition) is 2. The van der Waals surface area contributed by atoms with Crippen LogP contribution in [-0.2, 0) is 6.18 Å². The maximum Gasteiger partial charge on any atom is 0.416 e. The molecule has 0 radical (unpaired) electrons. The van der Waals surface area contributed by atoms with Crippen molar-refractivity contribution in [2.24, 2.45) is 0 Å². The number of carbonyl (C=O) groups excluding carboxylic acids is 1. The van der Waals surface area contributed by atoms with Crippen LogP contribution < -0.4 is 5.32 Å². The Balaban J connectivity index is 2.00. The second-order valence-electron chi connectivity index (χ2n) is 6.11. The Morgan fingerprint density at radius 1 is 1.11 bits per heavy atom. The summed E-state index contributed by atoms with van der Waals surface area (Å²) >= 11 is 0. The van der Waals surface area contributed by atoms with Gasteiger partial charge in [0, 0.05) is 23.1 Å². The van der Waals surface area contributed by atoms with Crippen LogP contribution >= 0.6 is 0 Å². The fourth-order valence-corrected chi connectivity index (χ4v) is 2.79. The zero-order valence-electron chi connectivity index (χ0n) is 14.5. The lowest BCUT2D eigenvalue weighted by Gasteiger charge is -2.10. The minimum atomic E-state index is -4.39. The molecule has 27 heavy (non-hydrogen) atoms. The molecule has 7 heteroatoms. The Morgan fingerprint density at radius 3 is 2.44 bits per heavy atom. The lowest BCUT2D eigenvalue weighted by molar-refractivity contribution is -0.137. The van der Waals surface area contributed by atoms with Crippen LogP contribution in [0, 0.1) is 6.92 Å². The number of nitrogens with zero attached hydrogens (tertiary/aromatic N) is 1. The normalized spacial score (nSPS) is 11.6. The molecule has 2 N–H and O–H groups in total. The Morgan fingerprint density at radius 2 is 1.81 bits per heavy atom. The summed E-state index contributed by atoms with van der Waals surface area (Å²) in [6.45, 7) is 1.87. The summed E-state index contributed by atoms with van der Waals surface area (Å²) in [6.07, 6.45) is -4.39. The van der Waals surface area contributed by atoms with Crippen LogP contribution in [0.3, 0.4) is 0 Å². The number of amides is 1. The lowest BCUT2D eigenvalue weighted by atomic mass is 10.0. The van der Waals surface area contributed by atoms with Crippen LogP contribution in [0.1, 0.15) is 21.5 Å². The summed E-state index contributed by atoms with van der Waals surface area (Å²) in [4.78, 5) is 16.6. The number of halogens is 3. The molecule has 3 aromatic rings. The van der Waals surface area contributed by atoms with Crippen molar-refractivity contribution in [3.05, 3.63) is 65.2 Å². The van der Waals surface area contributed by atoms with Gasteiger partial charge in [-0.1, -0.05) is 18.2 Å². The van der Waals surface area contributed by atoms with Gasteiger partial charge in [-0.3, -0.25) is 4.79 Å². The van der Waals surface area contributed by atoms with Gasteiger partial charge in [0.25, 0.3) is 5.91 Å². The quantitative estimate of drug-likeness (QED) is 0.727. The third kappa shape index (κ3) is 4.09. The van der Waals surface area contributed by atoms with Gasteiger partial charge in [0.2, 0.25) is 0 Å². The van der Waals surface area contributed by atoms with Crippen molar-refractivity contribution in [1.82, 2.24) is 10.3 Å². The Hall–Kier alpha value is -2.93. The van der Waals surface area contributed by atoms with Crippen LogP contribution in [0.2, 0.25) is 0 Å². The van der Waals surface area contributed by atoms with E-state index in [1.54, 1.807) is 24.3 Å². The molecule has 0 saturated carbocycles. The number of aromatic nitrogens is 1. The Kier molecular flexibility index (Phi) is 5.14. The molecule has 2 aromatic carbocycles. The molecule has 0 aliphatic rings. The number of fused-ring (bicyclic) bond motifs is 1. The average molecular weight is 374 g/mol. The lowest BCUT2D eigenvalue weighted by Crippen LogP contribution is -2.26. The number of rotatable bonds is 4. The Bertz CT molecular complexity index is 983. The van der Waals surface area contributed by atoms with E-state index in [2.05, 4.69) is 10.3 Å². The van der Waals surface area contributed by atoms with E-state index in [9.17, 15) is 18.0 Å². The molecular formula is C20H17F3N2O2. The molecule has 0 spiro atoms. The van der Waals surface area contributed by atoms with E-state index in [0.29, 0.717) is 22.3 Å². The molecule has 0 bridgehead atoms. The van der Waals surface area contributed by atoms with Crippen LogP contribution in [0.25, 0.3) is 22.2 Å². The molecule has 0 fully saturated rings. The zero-order valence-corrected chi connectivity index (χ0v) is 14.5. The summed E-state index contributed by atoms with van der Waals surface area (Å²) < 4.78 is 38.2. The molecule has 3 rings (SSSR count). The summed E-state index contributed by atoms with van der Waals surface area (Å²) in [7, 11) is 0. The third-order valence-corrected chi connectivity index (χ3v) is 4.18. The van der Waals surface area contributed by atoms with Crippen molar-refractivity contribution in [3.8, 4) is 11.3 Å². The summed E-state index contributed by atoms with van der Waals surface area (Å²) in [5, 5.41) is 12.2. The number of hydrogen-bond acceptors (Lipinski definition) is 3. The first kappa shape index (κ1) is 18.8. The molecule has 0 aliphatic heterocycles. The first-order valence-corrected chi connectivity index (χ1v) is 8.27. The van der Waals surface area contributed by atoms with Crippen molar-refractivity contribution in [3.63, 3.8) is 0 Å². The second-order valence-corrected chi connectivity index (χ2v) is 6.11. The summed E-state index contributed by atoms with van der Waals surface area (Å²) in [6, 6.07) is 11.7. The number of nitrogens with one attached hydrogen (secondary N) is 1. The van der Waals surface area contributed by atoms with E-state index < -0.39 is 11.7 Å². The van der Waals surface area contributed by atoms with Gasteiger partial charge in [-0.2, -0.15) is 13.2 Å². The molecule has 0 unspecified atom stereocenters. The minimum Gasteiger partial charge on any atom is -0.395 e. The van der Waals surface area contributed by atoms with Crippen molar-refractivity contribution in [1.29, 1.82) is 0 Å². The molecule has 0 saturated heterocycles. The maximum atomic E-state index is 12.7. The number of pyridine rings is 1. The van der Waals surface area contributed by atoms with E-state index >= 15 is 0 Å². The highest BCUT2D eigenvalue weighted by Crippen LogP contribution is 2.31. The zero-order chi connectivity index (χ0) is 19.6. The molecule has 0 aliphatic carbocycles. The highest BCUT2D eigenvalue weighted by molar-refractivity contribution is 5.98. The van der Waals surface area contributed by atoms with Crippen LogP contribution in [0.15, 0.2) is 48.5 Å². The Labute approximate surface area is 153 Å². The van der Waals surface area contributed by atoms with Gasteiger partial charge in [0.1, 0.15) is 0 Å². The molecule has 1 aromatic heterocycles. The van der Waals surface area contributed by atoms with E-state index in [1.807, 2.05) is 6.92 Å². The van der Waals surface area contributed by atoms with Crippen molar-refractivity contribution in [2.45, 2.75) is 13.1 Å². The fourth-order valence-electron chi connectivity index (χ4n) is 2.79.